The van der Waals surface area contributed by atoms with E-state index in [4.69, 9.17) is 4.42 Å². The summed E-state index contributed by atoms with van der Waals surface area (Å²) in [6.45, 7) is 5.79. The third-order valence-corrected chi connectivity index (χ3v) is 4.42. The molecule has 0 aliphatic carbocycles. The van der Waals surface area contributed by atoms with Crippen molar-refractivity contribution in [2.75, 3.05) is 19.6 Å². The minimum absolute atomic E-state index is 0.183. The van der Waals surface area contributed by atoms with Crippen LogP contribution in [0.3, 0.4) is 0 Å². The second-order valence-corrected chi connectivity index (χ2v) is 6.43. The van der Waals surface area contributed by atoms with Crippen molar-refractivity contribution >= 4 is 5.91 Å². The minimum atomic E-state index is -0.183. The highest BCUT2D eigenvalue weighted by atomic mass is 16.4. The van der Waals surface area contributed by atoms with Gasteiger partial charge < -0.3 is 9.73 Å². The fraction of sp³-hybridized carbons (Fsp3) is 0.500. The van der Waals surface area contributed by atoms with E-state index in [9.17, 15) is 4.79 Å². The van der Waals surface area contributed by atoms with E-state index in [0.717, 1.165) is 37.0 Å². The van der Waals surface area contributed by atoms with Crippen LogP contribution in [0.1, 0.15) is 41.8 Å². The third kappa shape index (κ3) is 4.64. The molecule has 128 valence electrons. The van der Waals surface area contributed by atoms with Crippen molar-refractivity contribution in [3.63, 3.8) is 0 Å². The number of carbonyl (C=O) groups excluding carboxylic acids is 1. The standard InChI is InChI=1S/C18H24N4O2/c1-14-5-10-22(11-6-14)13-16-2-3-17(24-16)18(23)21-7-4-15-12-19-8-9-20-15/h2-3,8-9,12,14H,4-7,10-11,13H2,1H3,(H,21,23). The molecule has 0 unspecified atom stereocenters. The van der Waals surface area contributed by atoms with E-state index in [2.05, 4.69) is 27.1 Å². The van der Waals surface area contributed by atoms with Gasteiger partial charge in [0.05, 0.1) is 12.2 Å². The van der Waals surface area contributed by atoms with Gasteiger partial charge in [-0.05, 0) is 44.0 Å². The van der Waals surface area contributed by atoms with Crippen molar-refractivity contribution in [2.24, 2.45) is 5.92 Å². The number of hydrogen-bond donors (Lipinski definition) is 1. The van der Waals surface area contributed by atoms with Gasteiger partial charge in [0.25, 0.3) is 5.91 Å². The van der Waals surface area contributed by atoms with Crippen molar-refractivity contribution in [2.45, 2.75) is 32.7 Å². The fourth-order valence-corrected chi connectivity index (χ4v) is 2.88. The van der Waals surface area contributed by atoms with Crippen LogP contribution in [0.2, 0.25) is 0 Å². The minimum Gasteiger partial charge on any atom is -0.455 e. The summed E-state index contributed by atoms with van der Waals surface area (Å²) in [6.07, 6.45) is 8.11. The normalized spacial score (nSPS) is 16.2. The predicted octanol–water partition coefficient (Wildman–Crippen LogP) is 2.27. The van der Waals surface area contributed by atoms with E-state index in [1.807, 2.05) is 6.07 Å². The third-order valence-electron chi connectivity index (χ3n) is 4.42. The molecule has 1 aliphatic rings. The molecule has 1 fully saturated rings. The Hall–Kier alpha value is -2.21. The number of rotatable bonds is 6. The first-order chi connectivity index (χ1) is 11.7. The molecule has 24 heavy (non-hydrogen) atoms. The first kappa shape index (κ1) is 16.6. The number of piperidine rings is 1. The number of carbonyl (C=O) groups is 1. The predicted molar refractivity (Wildman–Crippen MR) is 90.5 cm³/mol. The number of amides is 1. The summed E-state index contributed by atoms with van der Waals surface area (Å²) in [5, 5.41) is 2.86. The quantitative estimate of drug-likeness (QED) is 0.881. The summed E-state index contributed by atoms with van der Waals surface area (Å²) in [7, 11) is 0. The maximum absolute atomic E-state index is 12.1. The summed E-state index contributed by atoms with van der Waals surface area (Å²) in [5.41, 5.74) is 0.859. The lowest BCUT2D eigenvalue weighted by molar-refractivity contribution is 0.0921. The Morgan fingerprint density at radius 3 is 2.92 bits per heavy atom. The van der Waals surface area contributed by atoms with Crippen molar-refractivity contribution in [1.82, 2.24) is 20.2 Å². The summed E-state index contributed by atoms with van der Waals surface area (Å²) >= 11 is 0. The van der Waals surface area contributed by atoms with E-state index < -0.39 is 0 Å². The molecule has 3 heterocycles. The number of likely N-dealkylation sites (tertiary alicyclic amines) is 1. The van der Waals surface area contributed by atoms with Crippen molar-refractivity contribution in [3.05, 3.63) is 47.9 Å². The van der Waals surface area contributed by atoms with Gasteiger partial charge in [-0.1, -0.05) is 6.92 Å². The van der Waals surface area contributed by atoms with Crippen molar-refractivity contribution in [1.29, 1.82) is 0 Å². The molecule has 1 N–H and O–H groups in total. The Morgan fingerprint density at radius 1 is 1.33 bits per heavy atom. The summed E-state index contributed by atoms with van der Waals surface area (Å²) in [4.78, 5) is 22.7. The van der Waals surface area contributed by atoms with E-state index in [1.54, 1.807) is 24.7 Å². The fourth-order valence-electron chi connectivity index (χ4n) is 2.88. The van der Waals surface area contributed by atoms with Crippen LogP contribution in [0.25, 0.3) is 0 Å². The zero-order chi connectivity index (χ0) is 16.8. The van der Waals surface area contributed by atoms with Crippen LogP contribution in [-0.2, 0) is 13.0 Å². The van der Waals surface area contributed by atoms with E-state index in [-0.39, 0.29) is 5.91 Å². The first-order valence-corrected chi connectivity index (χ1v) is 8.55. The van der Waals surface area contributed by atoms with E-state index in [1.165, 1.54) is 12.8 Å². The lowest BCUT2D eigenvalue weighted by Gasteiger charge is -2.29. The number of aromatic nitrogens is 2. The summed E-state index contributed by atoms with van der Waals surface area (Å²) in [6, 6.07) is 3.65. The van der Waals surface area contributed by atoms with Gasteiger partial charge in [-0.25, -0.2) is 0 Å². The topological polar surface area (TPSA) is 71.3 Å². The van der Waals surface area contributed by atoms with Crippen LogP contribution in [0, 0.1) is 5.92 Å². The molecule has 0 spiro atoms. The highest BCUT2D eigenvalue weighted by Gasteiger charge is 2.18. The van der Waals surface area contributed by atoms with Gasteiger partial charge in [-0.3, -0.25) is 19.7 Å². The maximum atomic E-state index is 12.1. The molecule has 3 rings (SSSR count). The monoisotopic (exact) mass is 328 g/mol. The van der Waals surface area contributed by atoms with Gasteiger partial charge in [0, 0.05) is 31.6 Å². The number of nitrogens with one attached hydrogen (secondary N) is 1. The molecule has 0 aromatic carbocycles. The molecular weight excluding hydrogens is 304 g/mol. The second-order valence-electron chi connectivity index (χ2n) is 6.43. The van der Waals surface area contributed by atoms with Crippen LogP contribution in [0.4, 0.5) is 0 Å². The van der Waals surface area contributed by atoms with Gasteiger partial charge in [0.2, 0.25) is 0 Å². The maximum Gasteiger partial charge on any atom is 0.287 e. The highest BCUT2D eigenvalue weighted by Crippen LogP contribution is 2.19. The molecule has 2 aromatic rings. The van der Waals surface area contributed by atoms with Crippen molar-refractivity contribution < 1.29 is 9.21 Å². The van der Waals surface area contributed by atoms with Gasteiger partial charge in [0.1, 0.15) is 5.76 Å². The van der Waals surface area contributed by atoms with Crippen molar-refractivity contribution in [3.8, 4) is 0 Å². The lowest BCUT2D eigenvalue weighted by Crippen LogP contribution is -2.32. The van der Waals surface area contributed by atoms with Gasteiger partial charge >= 0.3 is 0 Å². The first-order valence-electron chi connectivity index (χ1n) is 8.55. The Balaban J connectivity index is 1.45. The molecule has 0 bridgehead atoms. The average molecular weight is 328 g/mol. The lowest BCUT2D eigenvalue weighted by atomic mass is 9.99. The Bertz CT molecular complexity index is 648. The van der Waals surface area contributed by atoms with Crippen LogP contribution in [-0.4, -0.2) is 40.4 Å². The zero-order valence-electron chi connectivity index (χ0n) is 14.1. The molecule has 1 amide bonds. The van der Waals surface area contributed by atoms with E-state index >= 15 is 0 Å². The van der Waals surface area contributed by atoms with Crippen LogP contribution in [0.5, 0.6) is 0 Å². The number of nitrogens with zero attached hydrogens (tertiary/aromatic N) is 3. The SMILES string of the molecule is CC1CCN(Cc2ccc(C(=O)NCCc3cnccn3)o2)CC1. The molecule has 6 nitrogen and oxygen atoms in total. The largest absolute Gasteiger partial charge is 0.455 e. The number of furan rings is 1. The van der Waals surface area contributed by atoms with E-state index in [0.29, 0.717) is 18.7 Å². The molecule has 2 aromatic heterocycles. The summed E-state index contributed by atoms with van der Waals surface area (Å²) < 4.78 is 5.70. The Morgan fingerprint density at radius 2 is 2.17 bits per heavy atom. The molecule has 6 heteroatoms. The molecule has 1 saturated heterocycles. The second kappa shape index (κ2) is 8.06. The smallest absolute Gasteiger partial charge is 0.287 e. The van der Waals surface area contributed by atoms with Gasteiger partial charge in [-0.2, -0.15) is 0 Å². The Kier molecular flexibility index (Phi) is 5.59. The van der Waals surface area contributed by atoms with Gasteiger partial charge in [-0.15, -0.1) is 0 Å². The molecule has 0 radical (unpaired) electrons. The number of hydrogen-bond acceptors (Lipinski definition) is 5. The van der Waals surface area contributed by atoms with Gasteiger partial charge in [0.15, 0.2) is 5.76 Å². The summed E-state index contributed by atoms with van der Waals surface area (Å²) in [5.74, 6) is 1.85. The highest BCUT2D eigenvalue weighted by molar-refractivity contribution is 5.91. The molecular formula is C18H24N4O2. The van der Waals surface area contributed by atoms with Crippen LogP contribution in [0.15, 0.2) is 35.1 Å². The van der Waals surface area contributed by atoms with Crippen LogP contribution >= 0.6 is 0 Å². The zero-order valence-corrected chi connectivity index (χ0v) is 14.1. The molecule has 0 saturated carbocycles. The molecule has 0 atom stereocenters. The average Bonchev–Trinajstić information content (AvgIpc) is 3.06. The Labute approximate surface area is 142 Å². The van der Waals surface area contributed by atoms with Crippen LogP contribution < -0.4 is 5.32 Å². The molecule has 1 aliphatic heterocycles.